The molecule has 0 aromatic heterocycles. The fraction of sp³-hybridized carbons (Fsp3) is 0.778. The highest BCUT2D eigenvalue weighted by Crippen LogP contribution is 2.25. The van der Waals surface area contributed by atoms with Gasteiger partial charge in [-0.15, -0.1) is 0 Å². The molecule has 2 rings (SSSR count). The Labute approximate surface area is 62.5 Å². The molecule has 2 unspecified atom stereocenters. The van der Waals surface area contributed by atoms with Crippen molar-refractivity contribution in [1.82, 2.24) is 5.32 Å². The summed E-state index contributed by atoms with van der Waals surface area (Å²) in [6.45, 7) is 1.25. The second-order valence-electron chi connectivity index (χ2n) is 3.39. The van der Waals surface area contributed by atoms with E-state index in [-0.39, 0.29) is 0 Å². The van der Waals surface area contributed by atoms with Gasteiger partial charge in [0.15, 0.2) is 0 Å². The monoisotopic (exact) mass is 137 g/mol. The molecule has 1 fully saturated rings. The summed E-state index contributed by atoms with van der Waals surface area (Å²) in [6.07, 6.45) is 10.1. The predicted octanol–water partition coefficient (Wildman–Crippen LogP) is 1.70. The molecule has 56 valence electrons. The van der Waals surface area contributed by atoms with Crippen molar-refractivity contribution in [2.75, 3.05) is 6.54 Å². The van der Waals surface area contributed by atoms with E-state index in [2.05, 4.69) is 17.5 Å². The summed E-state index contributed by atoms with van der Waals surface area (Å²) >= 11 is 0. The molecular weight excluding hydrogens is 122 g/mol. The first-order valence-corrected chi connectivity index (χ1v) is 4.35. The van der Waals surface area contributed by atoms with E-state index >= 15 is 0 Å². The van der Waals surface area contributed by atoms with Crippen LogP contribution in [0.5, 0.6) is 0 Å². The van der Waals surface area contributed by atoms with Crippen LogP contribution in [-0.4, -0.2) is 12.6 Å². The molecule has 1 heteroatoms. The topological polar surface area (TPSA) is 12.0 Å². The van der Waals surface area contributed by atoms with Crippen LogP contribution >= 0.6 is 0 Å². The first-order chi connectivity index (χ1) is 4.97. The summed E-state index contributed by atoms with van der Waals surface area (Å²) in [5, 5.41) is 3.48. The van der Waals surface area contributed by atoms with Gasteiger partial charge in [-0.1, -0.05) is 12.2 Å². The van der Waals surface area contributed by atoms with Crippen molar-refractivity contribution in [2.24, 2.45) is 5.92 Å². The Morgan fingerprint density at radius 2 is 2.10 bits per heavy atom. The number of hydrogen-bond donors (Lipinski definition) is 1. The van der Waals surface area contributed by atoms with Crippen LogP contribution in [0.15, 0.2) is 12.2 Å². The Morgan fingerprint density at radius 3 is 2.60 bits per heavy atom. The zero-order chi connectivity index (χ0) is 6.81. The van der Waals surface area contributed by atoms with Gasteiger partial charge in [0.25, 0.3) is 0 Å². The SMILES string of the molecule is C1=CCC(C2CCN2)CC1. The van der Waals surface area contributed by atoms with Crippen molar-refractivity contribution < 1.29 is 0 Å². The molecule has 1 aliphatic carbocycles. The average molecular weight is 137 g/mol. The summed E-state index contributed by atoms with van der Waals surface area (Å²) in [5.74, 6) is 0.957. The van der Waals surface area contributed by atoms with Gasteiger partial charge in [0, 0.05) is 6.04 Å². The Balaban J connectivity index is 1.86. The lowest BCUT2D eigenvalue weighted by atomic mass is 9.83. The molecular formula is C9H15N. The summed E-state index contributed by atoms with van der Waals surface area (Å²) in [4.78, 5) is 0. The van der Waals surface area contributed by atoms with Crippen LogP contribution in [0.3, 0.4) is 0 Å². The van der Waals surface area contributed by atoms with Gasteiger partial charge in [-0.05, 0) is 38.1 Å². The molecule has 0 radical (unpaired) electrons. The van der Waals surface area contributed by atoms with Crippen molar-refractivity contribution in [2.45, 2.75) is 31.7 Å². The minimum absolute atomic E-state index is 0.866. The molecule has 0 aromatic rings. The first-order valence-electron chi connectivity index (χ1n) is 4.35. The largest absolute Gasteiger partial charge is 0.314 e. The Morgan fingerprint density at radius 1 is 1.20 bits per heavy atom. The van der Waals surface area contributed by atoms with E-state index < -0.39 is 0 Å². The highest BCUT2D eigenvalue weighted by Gasteiger charge is 2.25. The second kappa shape index (κ2) is 2.75. The van der Waals surface area contributed by atoms with Crippen LogP contribution in [0.2, 0.25) is 0 Å². The Hall–Kier alpha value is -0.300. The first kappa shape index (κ1) is 6.41. The summed E-state index contributed by atoms with van der Waals surface area (Å²) in [7, 11) is 0. The third-order valence-electron chi connectivity index (χ3n) is 2.74. The highest BCUT2D eigenvalue weighted by atomic mass is 15.0. The lowest BCUT2D eigenvalue weighted by Gasteiger charge is -2.35. The normalized spacial score (nSPS) is 39.2. The molecule has 0 aromatic carbocycles. The molecule has 0 spiro atoms. The fourth-order valence-corrected chi connectivity index (χ4v) is 1.90. The Kier molecular flexibility index (Phi) is 1.76. The van der Waals surface area contributed by atoms with Crippen LogP contribution in [0.1, 0.15) is 25.7 Å². The molecule has 1 heterocycles. The third kappa shape index (κ3) is 1.10. The maximum atomic E-state index is 3.48. The lowest BCUT2D eigenvalue weighted by Crippen LogP contribution is -2.48. The molecule has 0 saturated carbocycles. The van der Waals surface area contributed by atoms with Gasteiger partial charge in [0.05, 0.1) is 0 Å². The van der Waals surface area contributed by atoms with Crippen LogP contribution in [0.4, 0.5) is 0 Å². The van der Waals surface area contributed by atoms with Crippen LogP contribution < -0.4 is 5.32 Å². The maximum absolute atomic E-state index is 3.48. The molecule has 0 bridgehead atoms. The zero-order valence-corrected chi connectivity index (χ0v) is 6.34. The predicted molar refractivity (Wildman–Crippen MR) is 42.9 cm³/mol. The molecule has 1 aliphatic heterocycles. The van der Waals surface area contributed by atoms with Gasteiger partial charge in [0.1, 0.15) is 0 Å². The van der Waals surface area contributed by atoms with E-state index in [0.717, 1.165) is 12.0 Å². The van der Waals surface area contributed by atoms with Crippen LogP contribution in [0.25, 0.3) is 0 Å². The lowest BCUT2D eigenvalue weighted by molar-refractivity contribution is 0.245. The van der Waals surface area contributed by atoms with Crippen molar-refractivity contribution in [3.8, 4) is 0 Å². The van der Waals surface area contributed by atoms with Crippen molar-refractivity contribution in [3.63, 3.8) is 0 Å². The number of hydrogen-bond acceptors (Lipinski definition) is 1. The Bertz CT molecular complexity index is 136. The maximum Gasteiger partial charge on any atom is 0.0110 e. The minimum Gasteiger partial charge on any atom is -0.314 e. The van der Waals surface area contributed by atoms with Gasteiger partial charge in [-0.25, -0.2) is 0 Å². The molecule has 0 amide bonds. The van der Waals surface area contributed by atoms with E-state index in [9.17, 15) is 0 Å². The fourth-order valence-electron chi connectivity index (χ4n) is 1.90. The van der Waals surface area contributed by atoms with Gasteiger partial charge in [-0.3, -0.25) is 0 Å². The van der Waals surface area contributed by atoms with E-state index in [1.165, 1.54) is 32.2 Å². The van der Waals surface area contributed by atoms with Crippen LogP contribution in [0, 0.1) is 5.92 Å². The molecule has 1 saturated heterocycles. The van der Waals surface area contributed by atoms with E-state index in [0.29, 0.717) is 0 Å². The number of rotatable bonds is 1. The smallest absolute Gasteiger partial charge is 0.0110 e. The molecule has 2 aliphatic rings. The van der Waals surface area contributed by atoms with E-state index in [1.54, 1.807) is 0 Å². The van der Waals surface area contributed by atoms with Gasteiger partial charge in [-0.2, -0.15) is 0 Å². The van der Waals surface area contributed by atoms with Gasteiger partial charge in [0.2, 0.25) is 0 Å². The van der Waals surface area contributed by atoms with Crippen molar-refractivity contribution in [1.29, 1.82) is 0 Å². The summed E-state index contributed by atoms with van der Waals surface area (Å²) < 4.78 is 0. The van der Waals surface area contributed by atoms with Gasteiger partial charge >= 0.3 is 0 Å². The molecule has 2 atom stereocenters. The molecule has 10 heavy (non-hydrogen) atoms. The summed E-state index contributed by atoms with van der Waals surface area (Å²) in [6, 6.07) is 0.866. The third-order valence-corrected chi connectivity index (χ3v) is 2.74. The second-order valence-corrected chi connectivity index (χ2v) is 3.39. The van der Waals surface area contributed by atoms with E-state index in [1.807, 2.05) is 0 Å². The molecule has 1 N–H and O–H groups in total. The molecule has 1 nitrogen and oxygen atoms in total. The number of allylic oxidation sites excluding steroid dienone is 2. The summed E-state index contributed by atoms with van der Waals surface area (Å²) in [5.41, 5.74) is 0. The zero-order valence-electron chi connectivity index (χ0n) is 6.34. The standard InChI is InChI=1S/C9H15N/c1-2-4-8(5-3-1)9-6-7-10-9/h1-2,8-10H,3-7H2. The van der Waals surface area contributed by atoms with E-state index in [4.69, 9.17) is 0 Å². The van der Waals surface area contributed by atoms with Gasteiger partial charge < -0.3 is 5.32 Å². The van der Waals surface area contributed by atoms with Crippen molar-refractivity contribution >= 4 is 0 Å². The number of nitrogens with one attached hydrogen (secondary N) is 1. The van der Waals surface area contributed by atoms with Crippen molar-refractivity contribution in [3.05, 3.63) is 12.2 Å². The quantitative estimate of drug-likeness (QED) is 0.542. The van der Waals surface area contributed by atoms with Crippen LogP contribution in [-0.2, 0) is 0 Å². The highest BCUT2D eigenvalue weighted by molar-refractivity contribution is 4.96. The minimum atomic E-state index is 0.866. The average Bonchev–Trinajstić information content (AvgIpc) is 1.86.